The Kier molecular flexibility index (Phi) is 2.60. The summed E-state index contributed by atoms with van der Waals surface area (Å²) in [7, 11) is 1.66. The smallest absolute Gasteiger partial charge is 0.210 e. The molecule has 0 spiro atoms. The van der Waals surface area contributed by atoms with E-state index in [1.165, 1.54) is 5.69 Å². The third kappa shape index (κ3) is 1.83. The summed E-state index contributed by atoms with van der Waals surface area (Å²) in [5.74, 6) is 0. The molecule has 3 heteroatoms. The molecule has 0 aromatic heterocycles. The van der Waals surface area contributed by atoms with Crippen LogP contribution < -0.4 is 0 Å². The molecule has 14 heavy (non-hydrogen) atoms. The lowest BCUT2D eigenvalue weighted by molar-refractivity contribution is -0.364. The molecule has 0 atom stereocenters. The third-order valence-corrected chi connectivity index (χ3v) is 2.14. The standard InChI is InChI=1S/C11H13N2O/c1-14-13-9-7-12(8-10-13)11-5-3-2-4-6-11/h2-9H,10H2,1H3/q+1. The molecule has 1 aliphatic rings. The van der Waals surface area contributed by atoms with Gasteiger partial charge in [0, 0.05) is 12.1 Å². The highest BCUT2D eigenvalue weighted by molar-refractivity contribution is 5.57. The van der Waals surface area contributed by atoms with E-state index in [1.807, 2.05) is 30.6 Å². The molecule has 0 bridgehead atoms. The Morgan fingerprint density at radius 2 is 2.07 bits per heavy atom. The van der Waals surface area contributed by atoms with Gasteiger partial charge < -0.3 is 0 Å². The van der Waals surface area contributed by atoms with Crippen LogP contribution in [0.4, 0.5) is 5.69 Å². The Labute approximate surface area is 83.5 Å². The molecular formula is C11H13N2O+. The van der Waals surface area contributed by atoms with Gasteiger partial charge in [-0.15, -0.1) is 0 Å². The first-order valence-electron chi connectivity index (χ1n) is 4.56. The van der Waals surface area contributed by atoms with Crippen molar-refractivity contribution in [2.75, 3.05) is 13.7 Å². The molecule has 0 N–H and O–H groups in total. The number of hydrogen-bond acceptors (Lipinski definition) is 2. The fourth-order valence-electron chi connectivity index (χ4n) is 1.36. The molecular weight excluding hydrogens is 176 g/mol. The summed E-state index contributed by atoms with van der Waals surface area (Å²) >= 11 is 0. The molecule has 1 aromatic carbocycles. The Morgan fingerprint density at radius 3 is 2.64 bits per heavy atom. The summed E-state index contributed by atoms with van der Waals surface area (Å²) in [4.78, 5) is 5.06. The van der Waals surface area contributed by atoms with Crippen LogP contribution in [0.15, 0.2) is 42.7 Å². The van der Waals surface area contributed by atoms with Gasteiger partial charge in [0.25, 0.3) is 0 Å². The van der Waals surface area contributed by atoms with Gasteiger partial charge in [-0.25, -0.2) is 5.06 Å². The summed E-state index contributed by atoms with van der Waals surface area (Å²) in [6, 6.07) is 10.2. The van der Waals surface area contributed by atoms with E-state index in [9.17, 15) is 0 Å². The Balaban J connectivity index is 2.16. The second-order valence-corrected chi connectivity index (χ2v) is 3.01. The fourth-order valence-corrected chi connectivity index (χ4v) is 1.36. The highest BCUT2D eigenvalue weighted by Gasteiger charge is 2.11. The summed E-state index contributed by atoms with van der Waals surface area (Å²) in [5.41, 5.74) is 1.17. The van der Waals surface area contributed by atoms with E-state index < -0.39 is 0 Å². The van der Waals surface area contributed by atoms with Gasteiger partial charge in [0.1, 0.15) is 6.54 Å². The molecule has 72 valence electrons. The lowest BCUT2D eigenvalue weighted by atomic mass is 10.3. The molecule has 3 nitrogen and oxygen atoms in total. The van der Waals surface area contributed by atoms with Crippen LogP contribution in [0.25, 0.3) is 0 Å². The minimum atomic E-state index is 0.766. The lowest BCUT2D eigenvalue weighted by Crippen LogP contribution is -2.24. The predicted molar refractivity (Wildman–Crippen MR) is 55.3 cm³/mol. The zero-order valence-corrected chi connectivity index (χ0v) is 8.13. The monoisotopic (exact) mass is 189 g/mol. The van der Waals surface area contributed by atoms with E-state index in [0.717, 1.165) is 6.54 Å². The van der Waals surface area contributed by atoms with Crippen LogP contribution >= 0.6 is 0 Å². The third-order valence-electron chi connectivity index (χ3n) is 2.14. The van der Waals surface area contributed by atoms with E-state index >= 15 is 0 Å². The van der Waals surface area contributed by atoms with E-state index in [4.69, 9.17) is 4.84 Å². The number of hydrogen-bond donors (Lipinski definition) is 0. The largest absolute Gasteiger partial charge is 0.277 e. The predicted octanol–water partition coefficient (Wildman–Crippen LogP) is 1.75. The normalized spacial score (nSPS) is 15.5. The molecule has 1 aliphatic heterocycles. The van der Waals surface area contributed by atoms with Crippen LogP contribution in [-0.2, 0) is 4.84 Å². The quantitative estimate of drug-likeness (QED) is 0.659. The number of para-hydroxylation sites is 1. The first-order valence-corrected chi connectivity index (χ1v) is 4.56. The first-order chi connectivity index (χ1) is 6.90. The van der Waals surface area contributed by atoms with Crippen molar-refractivity contribution in [3.63, 3.8) is 0 Å². The summed E-state index contributed by atoms with van der Waals surface area (Å²) in [6.45, 7) is 0.766. The van der Waals surface area contributed by atoms with E-state index in [-0.39, 0.29) is 0 Å². The average Bonchev–Trinajstić information content (AvgIpc) is 2.30. The van der Waals surface area contributed by atoms with Crippen LogP contribution in [-0.4, -0.2) is 29.5 Å². The SMILES string of the molecule is CON1C=C[N+](c2ccccc2)=CC1. The maximum absolute atomic E-state index is 5.06. The van der Waals surface area contributed by atoms with Crippen LogP contribution in [0.2, 0.25) is 0 Å². The van der Waals surface area contributed by atoms with Gasteiger partial charge >= 0.3 is 0 Å². The van der Waals surface area contributed by atoms with E-state index in [2.05, 4.69) is 22.9 Å². The van der Waals surface area contributed by atoms with Crippen molar-refractivity contribution in [1.29, 1.82) is 0 Å². The Bertz CT molecular complexity index is 357. The van der Waals surface area contributed by atoms with Crippen LogP contribution in [0.1, 0.15) is 0 Å². The Hall–Kier alpha value is -1.61. The highest BCUT2D eigenvalue weighted by Crippen LogP contribution is 2.11. The minimum Gasteiger partial charge on any atom is -0.277 e. The van der Waals surface area contributed by atoms with Crippen molar-refractivity contribution in [3.05, 3.63) is 42.7 Å². The van der Waals surface area contributed by atoms with Crippen LogP contribution in [0, 0.1) is 0 Å². The summed E-state index contributed by atoms with van der Waals surface area (Å²) in [5, 5.41) is 1.76. The van der Waals surface area contributed by atoms with Gasteiger partial charge in [0.15, 0.2) is 12.4 Å². The minimum absolute atomic E-state index is 0.766. The molecule has 1 aromatic rings. The van der Waals surface area contributed by atoms with Gasteiger partial charge in [-0.05, 0) is 0 Å². The molecule has 2 rings (SSSR count). The average molecular weight is 189 g/mol. The molecule has 0 saturated heterocycles. The second-order valence-electron chi connectivity index (χ2n) is 3.01. The molecule has 1 heterocycles. The second kappa shape index (κ2) is 4.07. The van der Waals surface area contributed by atoms with Gasteiger partial charge in [-0.3, -0.25) is 4.84 Å². The van der Waals surface area contributed by atoms with E-state index in [1.54, 1.807) is 12.2 Å². The fraction of sp³-hybridized carbons (Fsp3) is 0.182. The maximum Gasteiger partial charge on any atom is 0.210 e. The molecule has 0 saturated carbocycles. The number of nitrogens with zero attached hydrogens (tertiary/aromatic N) is 2. The topological polar surface area (TPSA) is 15.5 Å². The molecule has 0 radical (unpaired) electrons. The first kappa shape index (κ1) is 8.97. The number of rotatable bonds is 2. The van der Waals surface area contributed by atoms with Crippen molar-refractivity contribution in [2.24, 2.45) is 0 Å². The van der Waals surface area contributed by atoms with Crippen LogP contribution in [0.3, 0.4) is 0 Å². The van der Waals surface area contributed by atoms with Crippen molar-refractivity contribution in [1.82, 2.24) is 5.06 Å². The van der Waals surface area contributed by atoms with Gasteiger partial charge in [0.05, 0.1) is 13.3 Å². The van der Waals surface area contributed by atoms with Crippen molar-refractivity contribution < 1.29 is 9.41 Å². The zero-order chi connectivity index (χ0) is 9.80. The summed E-state index contributed by atoms with van der Waals surface area (Å²) < 4.78 is 2.08. The Morgan fingerprint density at radius 1 is 1.29 bits per heavy atom. The van der Waals surface area contributed by atoms with Crippen molar-refractivity contribution >= 4 is 11.9 Å². The lowest BCUT2D eigenvalue weighted by Gasteiger charge is -2.15. The van der Waals surface area contributed by atoms with Crippen molar-refractivity contribution in [3.8, 4) is 0 Å². The van der Waals surface area contributed by atoms with E-state index in [0.29, 0.717) is 0 Å². The number of benzene rings is 1. The molecule has 0 unspecified atom stereocenters. The molecule has 0 aliphatic carbocycles. The zero-order valence-electron chi connectivity index (χ0n) is 8.13. The maximum atomic E-state index is 5.06. The number of hydroxylamine groups is 2. The van der Waals surface area contributed by atoms with Crippen LogP contribution in [0.5, 0.6) is 0 Å². The van der Waals surface area contributed by atoms with Crippen molar-refractivity contribution in [2.45, 2.75) is 0 Å². The van der Waals surface area contributed by atoms with Gasteiger partial charge in [0.2, 0.25) is 5.69 Å². The molecule has 0 fully saturated rings. The highest BCUT2D eigenvalue weighted by atomic mass is 16.7. The van der Waals surface area contributed by atoms with Gasteiger partial charge in [-0.2, -0.15) is 4.58 Å². The van der Waals surface area contributed by atoms with Gasteiger partial charge in [-0.1, -0.05) is 18.2 Å². The summed E-state index contributed by atoms with van der Waals surface area (Å²) in [6.07, 6.45) is 5.95. The molecule has 0 amide bonds.